The number of benzene rings is 1. The van der Waals surface area contributed by atoms with E-state index < -0.39 is 5.97 Å². The molecule has 3 nitrogen and oxygen atoms in total. The quantitative estimate of drug-likeness (QED) is 0.336. The van der Waals surface area contributed by atoms with E-state index in [9.17, 15) is 9.90 Å². The van der Waals surface area contributed by atoms with Crippen molar-refractivity contribution in [3.05, 3.63) is 22.3 Å². The van der Waals surface area contributed by atoms with E-state index in [1.165, 1.54) is 19.3 Å². The van der Waals surface area contributed by atoms with Crippen LogP contribution in [-0.2, 0) is 0 Å². The Kier molecular flexibility index (Phi) is 8.26. The Morgan fingerprint density at radius 3 is 2.47 bits per heavy atom. The third-order valence-electron chi connectivity index (χ3n) is 2.72. The molecule has 0 heterocycles. The molecule has 2 N–H and O–H groups in total. The molecule has 0 spiro atoms. The Bertz CT molecular complexity index is 464. The predicted octanol–water partition coefficient (Wildman–Crippen LogP) is 5.19. The highest BCUT2D eigenvalue weighted by Gasteiger charge is 2.18. The van der Waals surface area contributed by atoms with E-state index in [4.69, 9.17) is 0 Å². The SMILES string of the molecule is CCCCCCNc1c(I)cc(I)c(C(=O)O)c1I. The van der Waals surface area contributed by atoms with Crippen LogP contribution in [0, 0.1) is 10.7 Å². The number of halogens is 3. The number of hydrogen-bond acceptors (Lipinski definition) is 2. The second kappa shape index (κ2) is 8.85. The van der Waals surface area contributed by atoms with E-state index >= 15 is 0 Å². The average Bonchev–Trinajstić information content (AvgIpc) is 2.31. The molecular formula is C13H16I3NO2. The molecule has 1 aromatic rings. The number of hydrogen-bond donors (Lipinski definition) is 2. The molecule has 106 valence electrons. The molecule has 6 heteroatoms. The van der Waals surface area contributed by atoms with Gasteiger partial charge in [0.25, 0.3) is 0 Å². The first-order chi connectivity index (χ1) is 8.99. The molecule has 0 aromatic heterocycles. The Labute approximate surface area is 154 Å². The zero-order valence-electron chi connectivity index (χ0n) is 10.6. The molecule has 1 aromatic carbocycles. The minimum Gasteiger partial charge on any atom is -0.478 e. The van der Waals surface area contributed by atoms with Gasteiger partial charge in [0.2, 0.25) is 0 Å². The van der Waals surface area contributed by atoms with E-state index in [2.05, 4.69) is 80.0 Å². The van der Waals surface area contributed by atoms with Gasteiger partial charge in [-0.2, -0.15) is 0 Å². The molecule has 0 aliphatic rings. The molecule has 0 radical (unpaired) electrons. The first kappa shape index (κ1) is 17.7. The molecule has 0 fully saturated rings. The van der Waals surface area contributed by atoms with E-state index in [-0.39, 0.29) is 0 Å². The van der Waals surface area contributed by atoms with E-state index in [0.717, 1.165) is 29.4 Å². The van der Waals surface area contributed by atoms with Crippen LogP contribution >= 0.6 is 67.8 Å². The molecule has 0 aliphatic heterocycles. The van der Waals surface area contributed by atoms with Crippen molar-refractivity contribution in [3.63, 3.8) is 0 Å². The lowest BCUT2D eigenvalue weighted by Gasteiger charge is -2.14. The molecular weight excluding hydrogens is 583 g/mol. The zero-order chi connectivity index (χ0) is 14.4. The number of carboxylic acids is 1. The molecule has 0 saturated heterocycles. The van der Waals surface area contributed by atoms with Crippen molar-refractivity contribution in [3.8, 4) is 0 Å². The molecule has 0 amide bonds. The van der Waals surface area contributed by atoms with Gasteiger partial charge in [-0.15, -0.1) is 0 Å². The van der Waals surface area contributed by atoms with Gasteiger partial charge in [-0.1, -0.05) is 26.2 Å². The third kappa shape index (κ3) is 5.18. The Balaban J connectivity index is 2.83. The van der Waals surface area contributed by atoms with Crippen LogP contribution in [0.2, 0.25) is 0 Å². The lowest BCUT2D eigenvalue weighted by molar-refractivity contribution is 0.0694. The smallest absolute Gasteiger partial charge is 0.337 e. The molecule has 0 atom stereocenters. The van der Waals surface area contributed by atoms with E-state index in [1.54, 1.807) is 0 Å². The summed E-state index contributed by atoms with van der Waals surface area (Å²) in [5.41, 5.74) is 1.35. The van der Waals surface area contributed by atoms with Crippen molar-refractivity contribution in [1.82, 2.24) is 0 Å². The van der Waals surface area contributed by atoms with E-state index in [0.29, 0.717) is 5.56 Å². The van der Waals surface area contributed by atoms with Gasteiger partial charge in [-0.05, 0) is 80.3 Å². The van der Waals surface area contributed by atoms with Crippen molar-refractivity contribution in [2.75, 3.05) is 11.9 Å². The number of carbonyl (C=O) groups is 1. The second-order valence-electron chi connectivity index (χ2n) is 4.20. The van der Waals surface area contributed by atoms with Gasteiger partial charge in [0.1, 0.15) is 0 Å². The Morgan fingerprint density at radius 1 is 1.21 bits per heavy atom. The fourth-order valence-corrected chi connectivity index (χ4v) is 5.93. The second-order valence-corrected chi connectivity index (χ2v) is 7.60. The summed E-state index contributed by atoms with van der Waals surface area (Å²) >= 11 is 6.46. The number of aromatic carboxylic acids is 1. The van der Waals surface area contributed by atoms with Gasteiger partial charge in [0, 0.05) is 13.7 Å². The first-order valence-corrected chi connectivity index (χ1v) is 9.37. The van der Waals surface area contributed by atoms with Crippen molar-refractivity contribution in [1.29, 1.82) is 0 Å². The number of unbranched alkanes of at least 4 members (excludes halogenated alkanes) is 3. The van der Waals surface area contributed by atoms with Crippen molar-refractivity contribution in [2.24, 2.45) is 0 Å². The summed E-state index contributed by atoms with van der Waals surface area (Å²) in [6, 6.07) is 1.92. The summed E-state index contributed by atoms with van der Waals surface area (Å²) in [4.78, 5) is 11.3. The maximum Gasteiger partial charge on any atom is 0.337 e. The van der Waals surface area contributed by atoms with Crippen molar-refractivity contribution in [2.45, 2.75) is 32.6 Å². The fourth-order valence-electron chi connectivity index (χ4n) is 1.71. The largest absolute Gasteiger partial charge is 0.478 e. The molecule has 0 saturated carbocycles. The first-order valence-electron chi connectivity index (χ1n) is 6.13. The zero-order valence-corrected chi connectivity index (χ0v) is 17.1. The lowest BCUT2D eigenvalue weighted by atomic mass is 10.2. The number of carboxylic acid groups (broad SMARTS) is 1. The summed E-state index contributed by atoms with van der Waals surface area (Å²) in [5, 5.41) is 12.6. The van der Waals surface area contributed by atoms with Crippen LogP contribution in [0.15, 0.2) is 6.07 Å². The van der Waals surface area contributed by atoms with Crippen LogP contribution in [0.25, 0.3) is 0 Å². The summed E-state index contributed by atoms with van der Waals surface area (Å²) in [6.07, 6.45) is 4.81. The molecule has 0 bridgehead atoms. The highest BCUT2D eigenvalue weighted by atomic mass is 127. The summed E-state index contributed by atoms with van der Waals surface area (Å²) in [5.74, 6) is -0.862. The van der Waals surface area contributed by atoms with Gasteiger partial charge in [-0.3, -0.25) is 0 Å². The van der Waals surface area contributed by atoms with Crippen LogP contribution in [-0.4, -0.2) is 17.6 Å². The van der Waals surface area contributed by atoms with E-state index in [1.807, 2.05) is 6.07 Å². The normalized spacial score (nSPS) is 10.5. The average molecular weight is 599 g/mol. The van der Waals surface area contributed by atoms with Crippen LogP contribution in [0.3, 0.4) is 0 Å². The predicted molar refractivity (Wildman–Crippen MR) is 104 cm³/mol. The van der Waals surface area contributed by atoms with Gasteiger partial charge in [0.05, 0.1) is 14.8 Å². The van der Waals surface area contributed by atoms with Crippen LogP contribution < -0.4 is 5.32 Å². The number of anilines is 1. The third-order valence-corrected chi connectivity index (χ3v) is 5.50. The maximum atomic E-state index is 11.3. The minimum atomic E-state index is -0.862. The Morgan fingerprint density at radius 2 is 1.89 bits per heavy atom. The number of nitrogens with one attached hydrogen (secondary N) is 1. The van der Waals surface area contributed by atoms with Gasteiger partial charge < -0.3 is 10.4 Å². The van der Waals surface area contributed by atoms with Crippen LogP contribution in [0.1, 0.15) is 43.0 Å². The van der Waals surface area contributed by atoms with Gasteiger partial charge in [0.15, 0.2) is 0 Å². The molecule has 19 heavy (non-hydrogen) atoms. The summed E-state index contributed by atoms with van der Waals surface area (Å²) in [6.45, 7) is 3.09. The summed E-state index contributed by atoms with van der Waals surface area (Å²) in [7, 11) is 0. The number of rotatable bonds is 7. The highest BCUT2D eigenvalue weighted by molar-refractivity contribution is 14.1. The minimum absolute atomic E-state index is 0.401. The van der Waals surface area contributed by atoms with Crippen molar-refractivity contribution < 1.29 is 9.90 Å². The standard InChI is InChI=1S/C13H16I3NO2/c1-2-3-4-5-6-17-12-9(15)7-8(14)10(11(12)16)13(18)19/h7,17H,2-6H2,1H3,(H,18,19). The monoisotopic (exact) mass is 599 g/mol. The fraction of sp³-hybridized carbons (Fsp3) is 0.462. The maximum absolute atomic E-state index is 11.3. The van der Waals surface area contributed by atoms with Crippen molar-refractivity contribution >= 4 is 79.4 Å². The topological polar surface area (TPSA) is 49.3 Å². The molecule has 0 aliphatic carbocycles. The molecule has 0 unspecified atom stereocenters. The molecule has 1 rings (SSSR count). The lowest BCUT2D eigenvalue weighted by Crippen LogP contribution is -2.10. The van der Waals surface area contributed by atoms with Gasteiger partial charge in [-0.25, -0.2) is 4.79 Å². The van der Waals surface area contributed by atoms with Crippen LogP contribution in [0.5, 0.6) is 0 Å². The highest BCUT2D eigenvalue weighted by Crippen LogP contribution is 2.31. The summed E-state index contributed by atoms with van der Waals surface area (Å²) < 4.78 is 2.67. The van der Waals surface area contributed by atoms with Gasteiger partial charge >= 0.3 is 5.97 Å². The Hall–Kier alpha value is 0.680. The van der Waals surface area contributed by atoms with Crippen LogP contribution in [0.4, 0.5) is 5.69 Å².